The lowest BCUT2D eigenvalue weighted by atomic mass is 10.2. The fraction of sp³-hybridized carbons (Fsp3) is 0.263. The first-order valence-electron chi connectivity index (χ1n) is 8.18. The fourth-order valence-corrected chi connectivity index (χ4v) is 2.63. The maximum Gasteiger partial charge on any atom is 0.338 e. The molecule has 1 N–H and O–H groups in total. The summed E-state index contributed by atoms with van der Waals surface area (Å²) in [6.07, 6.45) is -0.836. The van der Waals surface area contributed by atoms with E-state index in [0.29, 0.717) is 33.7 Å². The minimum atomic E-state index is -2.50. The monoisotopic (exact) mass is 395 g/mol. The van der Waals surface area contributed by atoms with Crippen LogP contribution in [0.25, 0.3) is 0 Å². The molecule has 0 spiro atoms. The lowest BCUT2D eigenvalue weighted by Gasteiger charge is -2.15. The van der Waals surface area contributed by atoms with Gasteiger partial charge in [0.1, 0.15) is 5.75 Å². The molecule has 0 fully saturated rings. The Kier molecular flexibility index (Phi) is 7.60. The molecule has 0 aliphatic rings. The summed E-state index contributed by atoms with van der Waals surface area (Å²) in [5.41, 5.74) is 0.795. The molecule has 0 aromatic heterocycles. The molecule has 27 heavy (non-hydrogen) atoms. The molecule has 1 atom stereocenters. The van der Waals surface area contributed by atoms with Gasteiger partial charge in [-0.05, 0) is 56.3 Å². The van der Waals surface area contributed by atoms with Crippen LogP contribution < -0.4 is 10.1 Å². The summed E-state index contributed by atoms with van der Waals surface area (Å²) >= 11 is 0.433. The normalized spacial score (nSPS) is 11.7. The average Bonchev–Trinajstić information content (AvgIpc) is 2.63. The highest BCUT2D eigenvalue weighted by Crippen LogP contribution is 2.26. The Balaban J connectivity index is 1.95. The van der Waals surface area contributed by atoms with Crippen molar-refractivity contribution >= 4 is 29.3 Å². The highest BCUT2D eigenvalue weighted by atomic mass is 32.2. The number of benzene rings is 2. The van der Waals surface area contributed by atoms with Crippen molar-refractivity contribution in [2.75, 3.05) is 11.9 Å². The molecule has 0 bridgehead atoms. The summed E-state index contributed by atoms with van der Waals surface area (Å²) in [6, 6.07) is 12.4. The van der Waals surface area contributed by atoms with Gasteiger partial charge in [-0.25, -0.2) is 4.79 Å². The van der Waals surface area contributed by atoms with Gasteiger partial charge in [0.05, 0.1) is 12.2 Å². The summed E-state index contributed by atoms with van der Waals surface area (Å²) in [5.74, 6) is -3.02. The molecule has 0 aliphatic carbocycles. The summed E-state index contributed by atoms with van der Waals surface area (Å²) < 4.78 is 35.1. The van der Waals surface area contributed by atoms with Crippen LogP contribution in [0.5, 0.6) is 5.75 Å². The van der Waals surface area contributed by atoms with Crippen LogP contribution in [0.3, 0.4) is 0 Å². The number of amides is 1. The Morgan fingerprint density at radius 2 is 1.85 bits per heavy atom. The minimum Gasteiger partial charge on any atom is -0.481 e. The first-order chi connectivity index (χ1) is 12.9. The van der Waals surface area contributed by atoms with Crippen LogP contribution in [-0.2, 0) is 9.53 Å². The van der Waals surface area contributed by atoms with E-state index in [0.717, 1.165) is 0 Å². The number of carbonyl (C=O) groups excluding carboxylic acids is 2. The Labute approximate surface area is 160 Å². The van der Waals surface area contributed by atoms with Crippen molar-refractivity contribution in [3.63, 3.8) is 0 Å². The minimum absolute atomic E-state index is 0.261. The molecule has 2 rings (SSSR count). The molecule has 1 amide bonds. The third-order valence-corrected chi connectivity index (χ3v) is 4.10. The van der Waals surface area contributed by atoms with Gasteiger partial charge in [0.2, 0.25) is 0 Å². The number of hydrogen-bond donors (Lipinski definition) is 1. The maximum atomic E-state index is 12.3. The van der Waals surface area contributed by atoms with Gasteiger partial charge in [0, 0.05) is 10.6 Å². The predicted octanol–water partition coefficient (Wildman–Crippen LogP) is 4.58. The second kappa shape index (κ2) is 9.91. The first-order valence-corrected chi connectivity index (χ1v) is 9.06. The lowest BCUT2D eigenvalue weighted by molar-refractivity contribution is -0.122. The van der Waals surface area contributed by atoms with E-state index >= 15 is 0 Å². The summed E-state index contributed by atoms with van der Waals surface area (Å²) in [4.78, 5) is 24.4. The number of halogens is 2. The second-order valence-corrected chi connectivity index (χ2v) is 6.46. The highest BCUT2D eigenvalue weighted by Gasteiger charge is 2.16. The quantitative estimate of drug-likeness (QED) is 0.523. The van der Waals surface area contributed by atoms with E-state index in [1.54, 1.807) is 32.0 Å². The van der Waals surface area contributed by atoms with Gasteiger partial charge in [-0.15, -0.1) is 0 Å². The molecule has 2 aromatic rings. The molecule has 0 heterocycles. The molecule has 0 radical (unpaired) electrons. The predicted molar refractivity (Wildman–Crippen MR) is 99.4 cm³/mol. The van der Waals surface area contributed by atoms with Crippen LogP contribution in [0.15, 0.2) is 53.4 Å². The van der Waals surface area contributed by atoms with Crippen LogP contribution in [0, 0.1) is 0 Å². The largest absolute Gasteiger partial charge is 0.481 e. The van der Waals surface area contributed by atoms with Crippen molar-refractivity contribution in [1.82, 2.24) is 0 Å². The van der Waals surface area contributed by atoms with E-state index in [1.807, 2.05) is 0 Å². The number of nitrogens with one attached hydrogen (secondary N) is 1. The number of rotatable bonds is 8. The second-order valence-electron chi connectivity index (χ2n) is 5.40. The number of alkyl halides is 2. The highest BCUT2D eigenvalue weighted by molar-refractivity contribution is 7.99. The Morgan fingerprint density at radius 1 is 1.15 bits per heavy atom. The van der Waals surface area contributed by atoms with Crippen LogP contribution in [0.2, 0.25) is 0 Å². The van der Waals surface area contributed by atoms with Crippen molar-refractivity contribution in [2.45, 2.75) is 30.6 Å². The lowest BCUT2D eigenvalue weighted by Crippen LogP contribution is -2.30. The molecule has 0 saturated heterocycles. The first kappa shape index (κ1) is 20.7. The van der Waals surface area contributed by atoms with Gasteiger partial charge in [-0.3, -0.25) is 4.79 Å². The van der Waals surface area contributed by atoms with Gasteiger partial charge in [0.25, 0.3) is 11.7 Å². The van der Waals surface area contributed by atoms with Gasteiger partial charge in [-0.2, -0.15) is 8.78 Å². The summed E-state index contributed by atoms with van der Waals surface area (Å²) in [7, 11) is 0. The zero-order chi connectivity index (χ0) is 19.8. The van der Waals surface area contributed by atoms with Crippen molar-refractivity contribution in [3.05, 3.63) is 54.1 Å². The topological polar surface area (TPSA) is 64.6 Å². The van der Waals surface area contributed by atoms with Gasteiger partial charge in [-0.1, -0.05) is 17.8 Å². The van der Waals surface area contributed by atoms with Crippen molar-refractivity contribution in [2.24, 2.45) is 0 Å². The number of anilines is 1. The zero-order valence-corrected chi connectivity index (χ0v) is 15.6. The maximum absolute atomic E-state index is 12.3. The molecular formula is C19H19F2NO4S. The fourth-order valence-electron chi connectivity index (χ4n) is 2.13. The van der Waals surface area contributed by atoms with E-state index in [2.05, 4.69) is 5.32 Å². The average molecular weight is 395 g/mol. The molecule has 0 aliphatic heterocycles. The van der Waals surface area contributed by atoms with Crippen molar-refractivity contribution in [3.8, 4) is 5.75 Å². The summed E-state index contributed by atoms with van der Waals surface area (Å²) in [6.45, 7) is 3.54. The number of ether oxygens (including phenoxy) is 2. The van der Waals surface area contributed by atoms with E-state index in [4.69, 9.17) is 9.47 Å². The van der Waals surface area contributed by atoms with Gasteiger partial charge >= 0.3 is 5.97 Å². The number of hydrogen-bond acceptors (Lipinski definition) is 5. The molecular weight excluding hydrogens is 376 g/mol. The van der Waals surface area contributed by atoms with Crippen LogP contribution in [-0.4, -0.2) is 30.3 Å². The van der Waals surface area contributed by atoms with Crippen LogP contribution in [0.4, 0.5) is 14.5 Å². The standard InChI is InChI=1S/C19H19F2NO4S/c1-3-25-18(24)13-5-4-6-15(11-13)26-12(2)17(23)22-14-7-9-16(10-8-14)27-19(20)21/h4-12,19H,3H2,1-2H3,(H,22,23)/t12-/m1/s1. The summed E-state index contributed by atoms with van der Waals surface area (Å²) in [5, 5.41) is 2.65. The molecule has 2 aromatic carbocycles. The van der Waals surface area contributed by atoms with E-state index < -0.39 is 23.7 Å². The third-order valence-electron chi connectivity index (χ3n) is 3.37. The molecule has 0 unspecified atom stereocenters. The molecule has 144 valence electrons. The number of thioether (sulfide) groups is 1. The molecule has 8 heteroatoms. The smallest absolute Gasteiger partial charge is 0.338 e. The molecule has 0 saturated carbocycles. The number of carbonyl (C=O) groups is 2. The van der Waals surface area contributed by atoms with Crippen LogP contribution >= 0.6 is 11.8 Å². The third kappa shape index (κ3) is 6.56. The van der Waals surface area contributed by atoms with Crippen molar-refractivity contribution in [1.29, 1.82) is 0 Å². The molecule has 5 nitrogen and oxygen atoms in total. The Bertz CT molecular complexity index is 784. The zero-order valence-electron chi connectivity index (χ0n) is 14.8. The van der Waals surface area contributed by atoms with Crippen molar-refractivity contribution < 1.29 is 27.8 Å². The van der Waals surface area contributed by atoms with E-state index in [1.165, 1.54) is 30.3 Å². The Morgan fingerprint density at radius 3 is 2.48 bits per heavy atom. The van der Waals surface area contributed by atoms with Gasteiger partial charge < -0.3 is 14.8 Å². The van der Waals surface area contributed by atoms with Gasteiger partial charge in [0.15, 0.2) is 6.10 Å². The van der Waals surface area contributed by atoms with E-state index in [9.17, 15) is 18.4 Å². The van der Waals surface area contributed by atoms with Crippen LogP contribution in [0.1, 0.15) is 24.2 Å². The van der Waals surface area contributed by atoms with E-state index in [-0.39, 0.29) is 6.61 Å². The Hall–Kier alpha value is -2.61. The number of esters is 1. The SMILES string of the molecule is CCOC(=O)c1cccc(O[C@H](C)C(=O)Nc2ccc(SC(F)F)cc2)c1.